The Hall–Kier alpha value is -2.48. The number of hydrogen-bond donors (Lipinski definition) is 0. The maximum Gasteiger partial charge on any atom is 0.229 e. The lowest BCUT2D eigenvalue weighted by Gasteiger charge is -2.09. The van der Waals surface area contributed by atoms with Crippen LogP contribution in [0.4, 0.5) is 0 Å². The zero-order chi connectivity index (χ0) is 13.0. The molecule has 0 aliphatic heterocycles. The molecule has 1 aliphatic carbocycles. The van der Waals surface area contributed by atoms with Crippen LogP contribution in [0.15, 0.2) is 48.5 Å². The number of fused-ring (bicyclic) bond motifs is 6. The SMILES string of the molecule is O=C1Cc2c(c3ccccc3c3ccccc23)C1=O. The minimum Gasteiger partial charge on any atom is -0.290 e. The number of benzene rings is 3. The van der Waals surface area contributed by atoms with Crippen LogP contribution in [-0.2, 0) is 11.2 Å². The molecular formula is C17H10O2. The van der Waals surface area contributed by atoms with Crippen LogP contribution < -0.4 is 0 Å². The first-order valence-corrected chi connectivity index (χ1v) is 6.27. The summed E-state index contributed by atoms with van der Waals surface area (Å²) in [6.07, 6.45) is 0.236. The number of carbonyl (C=O) groups is 2. The minimum absolute atomic E-state index is 0.236. The van der Waals surface area contributed by atoms with Crippen LogP contribution >= 0.6 is 0 Å². The minimum atomic E-state index is -0.336. The molecule has 0 saturated heterocycles. The number of hydrogen-bond acceptors (Lipinski definition) is 2. The van der Waals surface area contributed by atoms with Crippen molar-refractivity contribution in [2.24, 2.45) is 0 Å². The lowest BCUT2D eigenvalue weighted by molar-refractivity contribution is -0.114. The zero-order valence-electron chi connectivity index (χ0n) is 10.1. The summed E-state index contributed by atoms with van der Waals surface area (Å²) in [6.45, 7) is 0. The van der Waals surface area contributed by atoms with E-state index in [1.54, 1.807) is 0 Å². The molecule has 0 bridgehead atoms. The van der Waals surface area contributed by atoms with Crippen LogP contribution in [0.25, 0.3) is 21.5 Å². The largest absolute Gasteiger partial charge is 0.290 e. The second-order valence-corrected chi connectivity index (χ2v) is 4.87. The summed E-state index contributed by atoms with van der Waals surface area (Å²) >= 11 is 0. The first-order valence-electron chi connectivity index (χ1n) is 6.27. The Balaban J connectivity index is 2.34. The zero-order valence-corrected chi connectivity index (χ0v) is 10.1. The molecule has 0 fully saturated rings. The smallest absolute Gasteiger partial charge is 0.229 e. The van der Waals surface area contributed by atoms with E-state index < -0.39 is 0 Å². The van der Waals surface area contributed by atoms with E-state index in [2.05, 4.69) is 0 Å². The Morgan fingerprint density at radius 1 is 0.684 bits per heavy atom. The number of ketones is 2. The highest BCUT2D eigenvalue weighted by molar-refractivity contribution is 6.50. The summed E-state index contributed by atoms with van der Waals surface area (Å²) in [5, 5.41) is 4.07. The normalized spacial score (nSPS) is 14.3. The lowest BCUT2D eigenvalue weighted by atomic mass is 9.93. The first kappa shape index (κ1) is 10.4. The number of carbonyl (C=O) groups excluding carboxylic acids is 2. The predicted molar refractivity (Wildman–Crippen MR) is 74.5 cm³/mol. The number of Topliss-reactive ketones (excluding diaryl/α,β-unsaturated/α-hetero) is 2. The van der Waals surface area contributed by atoms with Crippen molar-refractivity contribution < 1.29 is 9.59 Å². The van der Waals surface area contributed by atoms with Crippen molar-refractivity contribution in [3.8, 4) is 0 Å². The molecule has 0 spiro atoms. The molecule has 90 valence electrons. The highest BCUT2D eigenvalue weighted by Gasteiger charge is 2.31. The van der Waals surface area contributed by atoms with Crippen molar-refractivity contribution >= 4 is 33.1 Å². The standard InChI is InChI=1S/C17H10O2/c18-15-9-14-12-7-2-1-5-10(12)11-6-3-4-8-13(11)16(14)17(15)19/h1-8H,9H2. The fourth-order valence-corrected chi connectivity index (χ4v) is 3.04. The van der Waals surface area contributed by atoms with Gasteiger partial charge in [-0.1, -0.05) is 48.5 Å². The van der Waals surface area contributed by atoms with E-state index in [0.29, 0.717) is 5.56 Å². The van der Waals surface area contributed by atoms with Gasteiger partial charge in [0.05, 0.1) is 0 Å². The van der Waals surface area contributed by atoms with Gasteiger partial charge in [-0.15, -0.1) is 0 Å². The lowest BCUT2D eigenvalue weighted by Crippen LogP contribution is -2.06. The molecular weight excluding hydrogens is 236 g/mol. The molecule has 1 aliphatic rings. The maximum absolute atomic E-state index is 12.1. The van der Waals surface area contributed by atoms with E-state index >= 15 is 0 Å². The van der Waals surface area contributed by atoms with Crippen molar-refractivity contribution in [2.75, 3.05) is 0 Å². The monoisotopic (exact) mass is 246 g/mol. The summed E-state index contributed by atoms with van der Waals surface area (Å²) < 4.78 is 0. The van der Waals surface area contributed by atoms with E-state index in [-0.39, 0.29) is 18.0 Å². The second-order valence-electron chi connectivity index (χ2n) is 4.87. The summed E-state index contributed by atoms with van der Waals surface area (Å²) in [6, 6.07) is 15.8. The highest BCUT2D eigenvalue weighted by atomic mass is 16.2. The average Bonchev–Trinajstić information content (AvgIpc) is 2.76. The molecule has 3 aromatic rings. The van der Waals surface area contributed by atoms with E-state index in [0.717, 1.165) is 27.1 Å². The molecule has 4 rings (SSSR count). The average molecular weight is 246 g/mol. The van der Waals surface area contributed by atoms with Crippen molar-refractivity contribution in [1.29, 1.82) is 0 Å². The fourth-order valence-electron chi connectivity index (χ4n) is 3.04. The molecule has 0 N–H and O–H groups in total. The summed E-state index contributed by atoms with van der Waals surface area (Å²) in [7, 11) is 0. The molecule has 0 aromatic heterocycles. The van der Waals surface area contributed by atoms with Crippen molar-refractivity contribution in [1.82, 2.24) is 0 Å². The van der Waals surface area contributed by atoms with Crippen molar-refractivity contribution in [3.63, 3.8) is 0 Å². The van der Waals surface area contributed by atoms with Crippen LogP contribution in [0.1, 0.15) is 15.9 Å². The fraction of sp³-hybridized carbons (Fsp3) is 0.0588. The Morgan fingerprint density at radius 2 is 1.21 bits per heavy atom. The molecule has 0 radical (unpaired) electrons. The molecule has 0 unspecified atom stereocenters. The van der Waals surface area contributed by atoms with Gasteiger partial charge in [0, 0.05) is 12.0 Å². The molecule has 0 amide bonds. The van der Waals surface area contributed by atoms with Gasteiger partial charge < -0.3 is 0 Å². The first-order chi connectivity index (χ1) is 9.27. The van der Waals surface area contributed by atoms with Gasteiger partial charge in [0.15, 0.2) is 0 Å². The maximum atomic E-state index is 12.1. The summed E-state index contributed by atoms with van der Waals surface area (Å²) in [4.78, 5) is 23.9. The Kier molecular flexibility index (Phi) is 1.93. The third kappa shape index (κ3) is 1.26. The Morgan fingerprint density at radius 3 is 1.89 bits per heavy atom. The van der Waals surface area contributed by atoms with Gasteiger partial charge in [-0.05, 0) is 27.1 Å². The van der Waals surface area contributed by atoms with Gasteiger partial charge in [0.1, 0.15) is 0 Å². The van der Waals surface area contributed by atoms with Crippen molar-refractivity contribution in [3.05, 3.63) is 59.7 Å². The molecule has 0 saturated carbocycles. The second kappa shape index (κ2) is 3.51. The van der Waals surface area contributed by atoms with Gasteiger partial charge in [0.25, 0.3) is 0 Å². The van der Waals surface area contributed by atoms with Crippen LogP contribution in [-0.4, -0.2) is 11.6 Å². The van der Waals surface area contributed by atoms with Gasteiger partial charge in [0.2, 0.25) is 11.6 Å². The van der Waals surface area contributed by atoms with E-state index in [1.807, 2.05) is 48.5 Å². The Bertz CT molecular complexity index is 875. The molecule has 19 heavy (non-hydrogen) atoms. The predicted octanol–water partition coefficient (Wildman–Crippen LogP) is 3.30. The van der Waals surface area contributed by atoms with Crippen LogP contribution in [0.2, 0.25) is 0 Å². The summed E-state index contributed by atoms with van der Waals surface area (Å²) in [5.41, 5.74) is 1.50. The van der Waals surface area contributed by atoms with Gasteiger partial charge in [-0.25, -0.2) is 0 Å². The quantitative estimate of drug-likeness (QED) is 0.450. The molecule has 2 nitrogen and oxygen atoms in total. The van der Waals surface area contributed by atoms with Crippen LogP contribution in [0, 0.1) is 0 Å². The topological polar surface area (TPSA) is 34.1 Å². The number of rotatable bonds is 0. The molecule has 0 atom stereocenters. The third-order valence-corrected chi connectivity index (χ3v) is 3.86. The van der Waals surface area contributed by atoms with Gasteiger partial charge >= 0.3 is 0 Å². The highest BCUT2D eigenvalue weighted by Crippen LogP contribution is 2.36. The van der Waals surface area contributed by atoms with Gasteiger partial charge in [-0.3, -0.25) is 9.59 Å². The Labute approximate surface area is 109 Å². The van der Waals surface area contributed by atoms with E-state index in [4.69, 9.17) is 0 Å². The molecule has 0 heterocycles. The third-order valence-electron chi connectivity index (χ3n) is 3.86. The molecule has 2 heteroatoms. The van der Waals surface area contributed by atoms with Crippen LogP contribution in [0.5, 0.6) is 0 Å². The van der Waals surface area contributed by atoms with E-state index in [9.17, 15) is 9.59 Å². The van der Waals surface area contributed by atoms with Crippen LogP contribution in [0.3, 0.4) is 0 Å². The molecule has 3 aromatic carbocycles. The summed E-state index contributed by atoms with van der Waals surface area (Å²) in [5.74, 6) is -0.631. The van der Waals surface area contributed by atoms with Crippen molar-refractivity contribution in [2.45, 2.75) is 6.42 Å². The van der Waals surface area contributed by atoms with E-state index in [1.165, 1.54) is 0 Å². The van der Waals surface area contributed by atoms with Gasteiger partial charge in [-0.2, -0.15) is 0 Å².